The van der Waals surface area contributed by atoms with E-state index < -0.39 is 6.10 Å². The summed E-state index contributed by atoms with van der Waals surface area (Å²) in [6.45, 7) is 7.76. The number of thiophene rings is 1. The lowest BCUT2D eigenvalue weighted by atomic mass is 10.1. The summed E-state index contributed by atoms with van der Waals surface area (Å²) in [5, 5.41) is 10.3. The third-order valence-corrected chi connectivity index (χ3v) is 5.79. The second kappa shape index (κ2) is 7.47. The van der Waals surface area contributed by atoms with E-state index in [1.54, 1.807) is 11.3 Å². The number of hydrogen-bond donors (Lipinski definition) is 1. The Bertz CT molecular complexity index is 671. The molecule has 0 radical (unpaired) electrons. The fourth-order valence-corrected chi connectivity index (χ4v) is 3.99. The summed E-state index contributed by atoms with van der Waals surface area (Å²) in [7, 11) is 0. The standard InChI is InChI=1S/C19H24N2O2S/c1-14-12-18(24-15(14)2)19(23)21-10-8-20(9-11-21)13-17(22)16-6-4-3-5-7-16/h3-7,12,17,22H,8-11,13H2,1-2H3/t17-/m1/s1. The number of β-amino-alcohol motifs (C(OH)–C–C–N with tert-alkyl or cyclic N) is 1. The van der Waals surface area contributed by atoms with Crippen molar-refractivity contribution in [1.29, 1.82) is 0 Å². The Balaban J connectivity index is 1.53. The molecule has 0 spiro atoms. The largest absolute Gasteiger partial charge is 0.387 e. The van der Waals surface area contributed by atoms with Gasteiger partial charge in [0.2, 0.25) is 0 Å². The van der Waals surface area contributed by atoms with Gasteiger partial charge in [-0.05, 0) is 31.0 Å². The minimum Gasteiger partial charge on any atom is -0.387 e. The molecule has 1 saturated heterocycles. The van der Waals surface area contributed by atoms with Gasteiger partial charge in [0.05, 0.1) is 11.0 Å². The molecule has 5 heteroatoms. The molecule has 0 bridgehead atoms. The van der Waals surface area contributed by atoms with Crippen molar-refractivity contribution in [2.75, 3.05) is 32.7 Å². The summed E-state index contributed by atoms with van der Waals surface area (Å²) in [6.07, 6.45) is -0.476. The number of carbonyl (C=O) groups is 1. The maximum absolute atomic E-state index is 12.6. The van der Waals surface area contributed by atoms with Gasteiger partial charge in [-0.1, -0.05) is 30.3 Å². The van der Waals surface area contributed by atoms with E-state index in [0.29, 0.717) is 6.54 Å². The number of benzene rings is 1. The van der Waals surface area contributed by atoms with Gasteiger partial charge in [-0.15, -0.1) is 11.3 Å². The normalized spacial score (nSPS) is 17.0. The zero-order chi connectivity index (χ0) is 17.1. The van der Waals surface area contributed by atoms with Crippen molar-refractivity contribution in [2.45, 2.75) is 20.0 Å². The van der Waals surface area contributed by atoms with Crippen LogP contribution in [0, 0.1) is 13.8 Å². The molecule has 24 heavy (non-hydrogen) atoms. The fraction of sp³-hybridized carbons (Fsp3) is 0.421. The molecule has 3 rings (SSSR count). The molecule has 0 unspecified atom stereocenters. The molecule has 0 saturated carbocycles. The fourth-order valence-electron chi connectivity index (χ4n) is 2.99. The lowest BCUT2D eigenvalue weighted by Gasteiger charge is -2.35. The van der Waals surface area contributed by atoms with E-state index in [4.69, 9.17) is 0 Å². The molecule has 1 aliphatic rings. The summed E-state index contributed by atoms with van der Waals surface area (Å²) in [6, 6.07) is 11.7. The third kappa shape index (κ3) is 3.86. The van der Waals surface area contributed by atoms with E-state index in [0.717, 1.165) is 36.6 Å². The van der Waals surface area contributed by atoms with Crippen molar-refractivity contribution in [2.24, 2.45) is 0 Å². The Morgan fingerprint density at radius 2 is 1.83 bits per heavy atom. The Kier molecular flexibility index (Phi) is 5.33. The molecule has 1 aliphatic heterocycles. The lowest BCUT2D eigenvalue weighted by molar-refractivity contribution is 0.0531. The number of piperazine rings is 1. The number of aliphatic hydroxyl groups excluding tert-OH is 1. The van der Waals surface area contributed by atoms with Gasteiger partial charge < -0.3 is 10.0 Å². The molecule has 1 atom stereocenters. The highest BCUT2D eigenvalue weighted by molar-refractivity contribution is 7.14. The van der Waals surface area contributed by atoms with Gasteiger partial charge in [-0.3, -0.25) is 9.69 Å². The summed E-state index contributed by atoms with van der Waals surface area (Å²) >= 11 is 1.58. The molecule has 1 fully saturated rings. The first-order valence-electron chi connectivity index (χ1n) is 8.36. The quantitative estimate of drug-likeness (QED) is 0.927. The topological polar surface area (TPSA) is 43.8 Å². The molecule has 1 aromatic carbocycles. The van der Waals surface area contributed by atoms with Crippen LogP contribution >= 0.6 is 11.3 Å². The minimum absolute atomic E-state index is 0.138. The van der Waals surface area contributed by atoms with Crippen molar-refractivity contribution in [1.82, 2.24) is 9.80 Å². The van der Waals surface area contributed by atoms with Crippen molar-refractivity contribution >= 4 is 17.2 Å². The predicted octanol–water partition coefficient (Wildman–Crippen LogP) is 2.86. The number of rotatable bonds is 4. The van der Waals surface area contributed by atoms with E-state index in [1.807, 2.05) is 48.2 Å². The highest BCUT2D eigenvalue weighted by Crippen LogP contribution is 2.23. The first-order valence-corrected chi connectivity index (χ1v) is 9.18. The number of nitrogens with zero attached hydrogens (tertiary/aromatic N) is 2. The summed E-state index contributed by atoms with van der Waals surface area (Å²) in [4.78, 5) is 18.8. The molecule has 1 aromatic heterocycles. The maximum atomic E-state index is 12.6. The summed E-state index contributed by atoms with van der Waals surface area (Å²) < 4.78 is 0. The number of aryl methyl sites for hydroxylation is 2. The smallest absolute Gasteiger partial charge is 0.264 e. The molecular formula is C19H24N2O2S. The van der Waals surface area contributed by atoms with Crippen LogP contribution in [0.3, 0.4) is 0 Å². The van der Waals surface area contributed by atoms with Gasteiger partial charge in [0.1, 0.15) is 0 Å². The zero-order valence-electron chi connectivity index (χ0n) is 14.2. The van der Waals surface area contributed by atoms with E-state index in [1.165, 1.54) is 10.4 Å². The van der Waals surface area contributed by atoms with Gasteiger partial charge >= 0.3 is 0 Å². The van der Waals surface area contributed by atoms with Crippen molar-refractivity contribution in [3.05, 3.63) is 57.3 Å². The van der Waals surface area contributed by atoms with Gasteiger partial charge in [0.25, 0.3) is 5.91 Å². The molecular weight excluding hydrogens is 320 g/mol. The zero-order valence-corrected chi connectivity index (χ0v) is 15.1. The number of hydrogen-bond acceptors (Lipinski definition) is 4. The Morgan fingerprint density at radius 1 is 1.17 bits per heavy atom. The van der Waals surface area contributed by atoms with Crippen LogP contribution in [-0.2, 0) is 0 Å². The number of amides is 1. The van der Waals surface area contributed by atoms with Crippen molar-refractivity contribution < 1.29 is 9.90 Å². The molecule has 0 aliphatic carbocycles. The van der Waals surface area contributed by atoms with E-state index in [9.17, 15) is 9.90 Å². The monoisotopic (exact) mass is 344 g/mol. The average molecular weight is 344 g/mol. The summed E-state index contributed by atoms with van der Waals surface area (Å²) in [5.74, 6) is 0.138. The van der Waals surface area contributed by atoms with E-state index in [2.05, 4.69) is 11.8 Å². The van der Waals surface area contributed by atoms with Crippen LogP contribution in [0.4, 0.5) is 0 Å². The van der Waals surface area contributed by atoms with E-state index >= 15 is 0 Å². The second-order valence-electron chi connectivity index (χ2n) is 6.37. The first-order chi connectivity index (χ1) is 11.5. The molecule has 128 valence electrons. The molecule has 1 amide bonds. The van der Waals surface area contributed by atoms with Gasteiger partial charge in [0, 0.05) is 37.6 Å². The van der Waals surface area contributed by atoms with Crippen molar-refractivity contribution in [3.63, 3.8) is 0 Å². The highest BCUT2D eigenvalue weighted by atomic mass is 32.1. The molecule has 4 nitrogen and oxygen atoms in total. The van der Waals surface area contributed by atoms with Crippen LogP contribution in [0.5, 0.6) is 0 Å². The number of carbonyl (C=O) groups excluding carboxylic acids is 1. The van der Waals surface area contributed by atoms with Crippen LogP contribution in [0.25, 0.3) is 0 Å². The molecule has 2 aromatic rings. The first kappa shape index (κ1) is 17.1. The van der Waals surface area contributed by atoms with Crippen LogP contribution < -0.4 is 0 Å². The predicted molar refractivity (Wildman–Crippen MR) is 97.5 cm³/mol. The molecule has 2 heterocycles. The molecule has 1 N–H and O–H groups in total. The van der Waals surface area contributed by atoms with Crippen LogP contribution in [0.1, 0.15) is 31.8 Å². The SMILES string of the molecule is Cc1cc(C(=O)N2CCN(C[C@@H](O)c3ccccc3)CC2)sc1C. The Morgan fingerprint density at radius 3 is 2.42 bits per heavy atom. The van der Waals surface area contributed by atoms with Crippen LogP contribution in [0.2, 0.25) is 0 Å². The lowest BCUT2D eigenvalue weighted by Crippen LogP contribution is -2.49. The average Bonchev–Trinajstić information content (AvgIpc) is 2.95. The maximum Gasteiger partial charge on any atom is 0.264 e. The van der Waals surface area contributed by atoms with Gasteiger partial charge in [-0.2, -0.15) is 0 Å². The van der Waals surface area contributed by atoms with E-state index in [-0.39, 0.29) is 5.91 Å². The van der Waals surface area contributed by atoms with Crippen LogP contribution in [0.15, 0.2) is 36.4 Å². The van der Waals surface area contributed by atoms with Gasteiger partial charge in [0.15, 0.2) is 0 Å². The third-order valence-electron chi connectivity index (χ3n) is 4.65. The highest BCUT2D eigenvalue weighted by Gasteiger charge is 2.24. The summed E-state index contributed by atoms with van der Waals surface area (Å²) in [5.41, 5.74) is 2.13. The minimum atomic E-state index is -0.476. The Hall–Kier alpha value is -1.69. The van der Waals surface area contributed by atoms with Crippen LogP contribution in [-0.4, -0.2) is 53.5 Å². The Labute approximate surface area is 147 Å². The number of aliphatic hydroxyl groups is 1. The van der Waals surface area contributed by atoms with Gasteiger partial charge in [-0.25, -0.2) is 0 Å². The second-order valence-corrected chi connectivity index (χ2v) is 7.63. The van der Waals surface area contributed by atoms with Crippen molar-refractivity contribution in [3.8, 4) is 0 Å².